The number of hydrogen-bond donors (Lipinski definition) is 0. The maximum Gasteiger partial charge on any atom is 0.417 e. The smallest absolute Gasteiger partial charge is 0.365 e. The average molecular weight is 388 g/mol. The Morgan fingerprint density at radius 1 is 1.32 bits per heavy atom. The van der Waals surface area contributed by atoms with Crippen LogP contribution >= 0.6 is 0 Å². The van der Waals surface area contributed by atoms with Crippen LogP contribution in [0.5, 0.6) is 0 Å². The van der Waals surface area contributed by atoms with Crippen LogP contribution in [-0.4, -0.2) is 22.1 Å². The molecular weight excluding hydrogens is 365 g/mol. The lowest BCUT2D eigenvalue weighted by molar-refractivity contribution is -0.137. The quantitative estimate of drug-likeness (QED) is 0.702. The van der Waals surface area contributed by atoms with Crippen molar-refractivity contribution < 1.29 is 13.2 Å². The van der Waals surface area contributed by atoms with Gasteiger partial charge in [-0.3, -0.25) is 0 Å². The zero-order chi connectivity index (χ0) is 20.3. The van der Waals surface area contributed by atoms with Crippen molar-refractivity contribution in [3.05, 3.63) is 53.6 Å². The Balaban J connectivity index is 1.97. The molecule has 0 N–H and O–H groups in total. The number of nitriles is 1. The summed E-state index contributed by atoms with van der Waals surface area (Å²) in [6.07, 6.45) is 4.01. The van der Waals surface area contributed by atoms with Gasteiger partial charge in [0.05, 0.1) is 35.4 Å². The third-order valence-electron chi connectivity index (χ3n) is 5.22. The van der Waals surface area contributed by atoms with Gasteiger partial charge in [0.2, 0.25) is 0 Å². The molecular formula is C21H23F3N4. The van der Waals surface area contributed by atoms with Crippen LogP contribution in [-0.2, 0) is 12.7 Å². The molecule has 1 aromatic heterocycles. The highest BCUT2D eigenvalue weighted by Gasteiger charge is 2.34. The lowest BCUT2D eigenvalue weighted by atomic mass is 9.92. The summed E-state index contributed by atoms with van der Waals surface area (Å²) < 4.78 is 42.2. The zero-order valence-electron chi connectivity index (χ0n) is 16.0. The maximum atomic E-state index is 13.4. The second kappa shape index (κ2) is 8.09. The van der Waals surface area contributed by atoms with E-state index in [1.807, 2.05) is 18.0 Å². The van der Waals surface area contributed by atoms with Gasteiger partial charge in [-0.15, -0.1) is 0 Å². The third kappa shape index (κ3) is 3.91. The first-order chi connectivity index (χ1) is 13.4. The fourth-order valence-corrected chi connectivity index (χ4v) is 3.85. The Morgan fingerprint density at radius 3 is 2.75 bits per heavy atom. The first-order valence-corrected chi connectivity index (χ1v) is 9.48. The van der Waals surface area contributed by atoms with Gasteiger partial charge in [0.1, 0.15) is 0 Å². The van der Waals surface area contributed by atoms with Crippen LogP contribution < -0.4 is 4.90 Å². The summed E-state index contributed by atoms with van der Waals surface area (Å²) in [5, 5.41) is 9.03. The molecule has 2 aromatic rings. The first-order valence-electron chi connectivity index (χ1n) is 9.48. The number of benzene rings is 1. The normalized spacial score (nSPS) is 17.1. The largest absolute Gasteiger partial charge is 0.417 e. The number of rotatable bonds is 5. The van der Waals surface area contributed by atoms with E-state index in [1.165, 1.54) is 11.6 Å². The van der Waals surface area contributed by atoms with E-state index in [2.05, 4.69) is 22.6 Å². The van der Waals surface area contributed by atoms with Crippen LogP contribution in [0.15, 0.2) is 36.8 Å². The predicted molar refractivity (Wildman–Crippen MR) is 103 cm³/mol. The fourth-order valence-electron chi connectivity index (χ4n) is 3.85. The van der Waals surface area contributed by atoms with Gasteiger partial charge in [-0.2, -0.15) is 18.4 Å². The molecule has 1 aliphatic rings. The zero-order valence-corrected chi connectivity index (χ0v) is 16.0. The summed E-state index contributed by atoms with van der Waals surface area (Å²) in [7, 11) is 0. The molecule has 0 amide bonds. The SMILES string of the molecule is CCN(c1ccc(C#N)c(C(F)(F)F)c1)C1C=C(c2cncn2CC)CCC1. The number of hydrogen-bond acceptors (Lipinski definition) is 3. The fraction of sp³-hybridized carbons (Fsp3) is 0.429. The van der Waals surface area contributed by atoms with Gasteiger partial charge in [-0.25, -0.2) is 4.98 Å². The molecule has 1 atom stereocenters. The van der Waals surface area contributed by atoms with Gasteiger partial charge in [0.15, 0.2) is 0 Å². The number of likely N-dealkylation sites (N-methyl/N-ethyl adjacent to an activating group) is 1. The summed E-state index contributed by atoms with van der Waals surface area (Å²) in [6.45, 7) is 5.38. The highest BCUT2D eigenvalue weighted by atomic mass is 19.4. The van der Waals surface area contributed by atoms with Gasteiger partial charge in [-0.05, 0) is 56.9 Å². The Morgan fingerprint density at radius 2 is 2.11 bits per heavy atom. The van der Waals surface area contributed by atoms with E-state index >= 15 is 0 Å². The van der Waals surface area contributed by atoms with E-state index in [1.54, 1.807) is 18.5 Å². The predicted octanol–water partition coefficient (Wildman–Crippen LogP) is 5.26. The lowest BCUT2D eigenvalue weighted by Gasteiger charge is -2.34. The van der Waals surface area contributed by atoms with Crippen LogP contribution in [0.4, 0.5) is 18.9 Å². The van der Waals surface area contributed by atoms with Gasteiger partial charge < -0.3 is 9.47 Å². The number of alkyl halides is 3. The number of nitrogens with zero attached hydrogens (tertiary/aromatic N) is 4. The number of aromatic nitrogens is 2. The van der Waals surface area contributed by atoms with Crippen molar-refractivity contribution in [2.75, 3.05) is 11.4 Å². The molecule has 1 unspecified atom stereocenters. The molecule has 0 fully saturated rings. The molecule has 3 rings (SSSR count). The minimum atomic E-state index is -4.55. The minimum Gasteiger partial charge on any atom is -0.365 e. The standard InChI is InChI=1S/C21H23F3N4/c1-3-27-14-26-13-20(27)15-6-5-7-17(10-15)28(4-2)18-9-8-16(12-25)19(11-18)21(22,23)24/h8-11,13-14,17H,3-7H2,1-2H3. The summed E-state index contributed by atoms with van der Waals surface area (Å²) in [5.74, 6) is 0. The van der Waals surface area contributed by atoms with Crippen molar-refractivity contribution in [3.63, 3.8) is 0 Å². The molecule has 1 aromatic carbocycles. The van der Waals surface area contributed by atoms with Crippen molar-refractivity contribution in [3.8, 4) is 6.07 Å². The topological polar surface area (TPSA) is 44.9 Å². The number of imidazole rings is 1. The molecule has 7 heteroatoms. The molecule has 148 valence electrons. The molecule has 28 heavy (non-hydrogen) atoms. The summed E-state index contributed by atoms with van der Waals surface area (Å²) >= 11 is 0. The van der Waals surface area contributed by atoms with E-state index < -0.39 is 11.7 Å². The Hall–Kier alpha value is -2.75. The molecule has 1 aliphatic carbocycles. The van der Waals surface area contributed by atoms with Crippen molar-refractivity contribution in [2.45, 2.75) is 51.9 Å². The molecule has 0 saturated heterocycles. The molecule has 1 heterocycles. The second-order valence-corrected chi connectivity index (χ2v) is 6.84. The van der Waals surface area contributed by atoms with Gasteiger partial charge in [-0.1, -0.05) is 6.08 Å². The van der Waals surface area contributed by atoms with Crippen LogP contribution in [0.1, 0.15) is 49.9 Å². The molecule has 0 bridgehead atoms. The number of halogens is 3. The van der Waals surface area contributed by atoms with E-state index in [9.17, 15) is 13.2 Å². The van der Waals surface area contributed by atoms with Crippen LogP contribution in [0, 0.1) is 11.3 Å². The number of allylic oxidation sites excluding steroid dienone is 1. The van der Waals surface area contributed by atoms with E-state index in [0.717, 1.165) is 37.6 Å². The molecule has 0 saturated carbocycles. The van der Waals surface area contributed by atoms with Crippen molar-refractivity contribution in [1.82, 2.24) is 9.55 Å². The van der Waals surface area contributed by atoms with Gasteiger partial charge >= 0.3 is 6.18 Å². The maximum absolute atomic E-state index is 13.4. The van der Waals surface area contributed by atoms with Crippen LogP contribution in [0.2, 0.25) is 0 Å². The Bertz CT molecular complexity index is 905. The van der Waals surface area contributed by atoms with Crippen molar-refractivity contribution in [2.24, 2.45) is 0 Å². The molecule has 4 nitrogen and oxygen atoms in total. The molecule has 0 aliphatic heterocycles. The van der Waals surface area contributed by atoms with Gasteiger partial charge in [0.25, 0.3) is 0 Å². The minimum absolute atomic E-state index is 0.00276. The highest BCUT2D eigenvalue weighted by molar-refractivity contribution is 5.66. The van der Waals surface area contributed by atoms with Crippen molar-refractivity contribution >= 4 is 11.3 Å². The Labute approximate surface area is 162 Å². The Kier molecular flexibility index (Phi) is 5.78. The monoisotopic (exact) mass is 388 g/mol. The van der Waals surface area contributed by atoms with Crippen LogP contribution in [0.25, 0.3) is 5.57 Å². The molecule has 0 radical (unpaired) electrons. The van der Waals surface area contributed by atoms with Crippen LogP contribution in [0.3, 0.4) is 0 Å². The number of aryl methyl sites for hydroxylation is 1. The highest BCUT2D eigenvalue weighted by Crippen LogP contribution is 2.36. The second-order valence-electron chi connectivity index (χ2n) is 6.84. The van der Waals surface area contributed by atoms with Gasteiger partial charge in [0, 0.05) is 24.8 Å². The van der Waals surface area contributed by atoms with E-state index in [4.69, 9.17) is 5.26 Å². The summed E-state index contributed by atoms with van der Waals surface area (Å²) in [6, 6.07) is 5.62. The average Bonchev–Trinajstić information content (AvgIpc) is 3.17. The third-order valence-corrected chi connectivity index (χ3v) is 5.22. The lowest BCUT2D eigenvalue weighted by Crippen LogP contribution is -2.35. The van der Waals surface area contributed by atoms with E-state index in [-0.39, 0.29) is 11.6 Å². The first kappa shape index (κ1) is 20.0. The molecule has 0 spiro atoms. The van der Waals surface area contributed by atoms with Crippen molar-refractivity contribution in [1.29, 1.82) is 5.26 Å². The summed E-state index contributed by atoms with van der Waals surface area (Å²) in [5.41, 5.74) is 1.51. The van der Waals surface area contributed by atoms with E-state index in [0.29, 0.717) is 12.2 Å². The summed E-state index contributed by atoms with van der Waals surface area (Å²) in [4.78, 5) is 6.20. The number of anilines is 1.